The summed E-state index contributed by atoms with van der Waals surface area (Å²) in [6, 6.07) is 48.8. The molecule has 6 N–H and O–H groups in total. The first-order valence-electron chi connectivity index (χ1n) is 19.5. The molecule has 0 bridgehead atoms. The Labute approximate surface area is 374 Å². The minimum absolute atomic E-state index is 0.0860. The molecule has 0 heterocycles. The predicted octanol–water partition coefficient (Wildman–Crippen LogP) is 11.1. The lowest BCUT2D eigenvalue weighted by molar-refractivity contribution is 0.340. The molecule has 0 atom stereocenters. The van der Waals surface area contributed by atoms with Crippen LogP contribution in [0.2, 0.25) is 0 Å². The van der Waals surface area contributed by atoms with Crippen molar-refractivity contribution in [3.05, 3.63) is 180 Å². The summed E-state index contributed by atoms with van der Waals surface area (Å²) < 4.78 is 30.2. The van der Waals surface area contributed by atoms with Gasteiger partial charge in [0.15, 0.2) is 46.0 Å². The summed E-state index contributed by atoms with van der Waals surface area (Å²) in [5.74, 6) is 0.0743. The van der Waals surface area contributed by atoms with Crippen molar-refractivity contribution in [1.82, 2.24) is 0 Å². The maximum Gasteiger partial charge on any atom is 0.201 e. The van der Waals surface area contributed by atoms with Gasteiger partial charge in [-0.1, -0.05) is 133 Å². The Morgan fingerprint density at radius 2 is 0.484 bits per heavy atom. The van der Waals surface area contributed by atoms with E-state index in [1.165, 1.54) is 42.7 Å². The van der Waals surface area contributed by atoms with Crippen LogP contribution < -0.4 is 28.4 Å². The molecule has 334 valence electrons. The molecule has 0 aromatic heterocycles. The molecule has 0 saturated heterocycles. The Balaban J connectivity index is 0.000000244. The summed E-state index contributed by atoms with van der Waals surface area (Å²) in [5, 5.41) is 59.3. The van der Waals surface area contributed by atoms with E-state index in [-0.39, 0.29) is 69.0 Å². The zero-order chi connectivity index (χ0) is 46.7. The molecule has 7 aromatic carbocycles. The predicted molar refractivity (Wildman–Crippen MR) is 252 cm³/mol. The van der Waals surface area contributed by atoms with Crippen LogP contribution in [-0.2, 0) is 0 Å². The van der Waals surface area contributed by atoms with Crippen molar-refractivity contribution in [2.75, 3.05) is 42.7 Å². The van der Waals surface area contributed by atoms with E-state index >= 15 is 0 Å². The summed E-state index contributed by atoms with van der Waals surface area (Å²) in [6.07, 6.45) is 6.59. The van der Waals surface area contributed by atoms with Crippen molar-refractivity contribution in [3.63, 3.8) is 0 Å². The largest absolute Gasteiger partial charge is 0.504 e. The smallest absolute Gasteiger partial charge is 0.201 e. The van der Waals surface area contributed by atoms with Crippen LogP contribution in [0.1, 0.15) is 22.3 Å². The molecule has 0 saturated carbocycles. The highest BCUT2D eigenvalue weighted by Gasteiger charge is 2.14. The van der Waals surface area contributed by atoms with E-state index in [2.05, 4.69) is 0 Å². The number of hydrogen-bond donors (Lipinski definition) is 6. The van der Waals surface area contributed by atoms with E-state index in [0.717, 1.165) is 0 Å². The monoisotopic (exact) mass is 870 g/mol. The Morgan fingerprint density at radius 3 is 0.688 bits per heavy atom. The van der Waals surface area contributed by atoms with Gasteiger partial charge in [0.05, 0.1) is 42.7 Å². The first-order chi connectivity index (χ1) is 31.0. The van der Waals surface area contributed by atoms with Crippen molar-refractivity contribution in [1.29, 1.82) is 0 Å². The van der Waals surface area contributed by atoms with E-state index in [4.69, 9.17) is 28.4 Å². The summed E-state index contributed by atoms with van der Waals surface area (Å²) in [6.45, 7) is 0. The van der Waals surface area contributed by atoms with Crippen molar-refractivity contribution in [2.45, 2.75) is 0 Å². The first kappa shape index (κ1) is 50.0. The van der Waals surface area contributed by atoms with Crippen LogP contribution in [0.15, 0.2) is 158 Å². The number of benzene rings is 7. The van der Waals surface area contributed by atoms with Crippen LogP contribution in [-0.4, -0.2) is 73.3 Å². The quantitative estimate of drug-likeness (QED) is 0.0567. The molecule has 12 heteroatoms. The number of methoxy groups -OCH3 is 6. The van der Waals surface area contributed by atoms with Gasteiger partial charge in [0.1, 0.15) is 0 Å². The van der Waals surface area contributed by atoms with Crippen LogP contribution in [0.4, 0.5) is 0 Å². The fourth-order valence-corrected chi connectivity index (χ4v) is 5.30. The maximum absolute atomic E-state index is 9.96. The number of hydrogen-bond acceptors (Lipinski definition) is 12. The van der Waals surface area contributed by atoms with E-state index in [0.29, 0.717) is 22.3 Å². The fourth-order valence-electron chi connectivity index (χ4n) is 5.30. The SMILES string of the molecule is COc1cc(/C=C/c2ccc(OC)c(O)c2O)cc(OC)c1O.COc1cc(/C=C/c2ccc(OC)c(O)c2O)cc(OC)c1O.c1ccccc1.c1ccccc1.c1ccccc1. The van der Waals surface area contributed by atoms with Crippen molar-refractivity contribution in [3.8, 4) is 69.0 Å². The molecular formula is C52H54O12. The number of aromatic hydroxyl groups is 6. The summed E-state index contributed by atoms with van der Waals surface area (Å²) in [7, 11) is 8.56. The second-order valence-corrected chi connectivity index (χ2v) is 12.8. The molecule has 0 aliphatic heterocycles. The molecule has 0 aliphatic rings. The van der Waals surface area contributed by atoms with Gasteiger partial charge >= 0.3 is 0 Å². The molecular weight excluding hydrogens is 817 g/mol. The van der Waals surface area contributed by atoms with Gasteiger partial charge in [0, 0.05) is 11.1 Å². The van der Waals surface area contributed by atoms with E-state index in [1.807, 2.05) is 109 Å². The van der Waals surface area contributed by atoms with Gasteiger partial charge < -0.3 is 59.1 Å². The van der Waals surface area contributed by atoms with Gasteiger partial charge in [-0.05, 0) is 59.7 Å². The highest BCUT2D eigenvalue weighted by atomic mass is 16.5. The molecule has 7 aromatic rings. The third-order valence-corrected chi connectivity index (χ3v) is 8.65. The molecule has 0 radical (unpaired) electrons. The normalized spacial score (nSPS) is 9.97. The summed E-state index contributed by atoms with van der Waals surface area (Å²) >= 11 is 0. The van der Waals surface area contributed by atoms with Gasteiger partial charge in [0.25, 0.3) is 0 Å². The number of phenolic OH excluding ortho intramolecular Hbond substituents is 6. The van der Waals surface area contributed by atoms with E-state index < -0.39 is 0 Å². The molecule has 7 rings (SSSR count). The van der Waals surface area contributed by atoms with Crippen LogP contribution in [0.3, 0.4) is 0 Å². The Bertz CT molecular complexity index is 2140. The number of rotatable bonds is 10. The second kappa shape index (κ2) is 27.5. The second-order valence-electron chi connectivity index (χ2n) is 12.8. The van der Waals surface area contributed by atoms with Crippen LogP contribution in [0, 0.1) is 0 Å². The molecule has 0 unspecified atom stereocenters. The molecule has 0 spiro atoms. The highest BCUT2D eigenvalue weighted by Crippen LogP contribution is 2.42. The average molecular weight is 871 g/mol. The Morgan fingerprint density at radius 1 is 0.266 bits per heavy atom. The lowest BCUT2D eigenvalue weighted by Gasteiger charge is -2.10. The van der Waals surface area contributed by atoms with Crippen LogP contribution in [0.25, 0.3) is 24.3 Å². The van der Waals surface area contributed by atoms with Crippen molar-refractivity contribution in [2.24, 2.45) is 0 Å². The minimum Gasteiger partial charge on any atom is -0.504 e. The molecule has 0 fully saturated rings. The first-order valence-corrected chi connectivity index (χ1v) is 19.5. The van der Waals surface area contributed by atoms with E-state index in [1.54, 1.807) is 72.8 Å². The van der Waals surface area contributed by atoms with Crippen molar-refractivity contribution >= 4 is 24.3 Å². The Kier molecular flexibility index (Phi) is 21.4. The molecule has 12 nitrogen and oxygen atoms in total. The van der Waals surface area contributed by atoms with Gasteiger partial charge in [-0.2, -0.15) is 0 Å². The third-order valence-electron chi connectivity index (χ3n) is 8.65. The maximum atomic E-state index is 9.96. The standard InChI is InChI=1S/2C17H18O6.3C6H6/c2*1-21-12-7-6-11(15(18)17(12)20)5-4-10-8-13(22-2)16(19)14(9-10)23-3;3*1-2-4-6-5-3-1/h2*4-9,18-20H,1-3H3;3*1-6H/b2*5-4+;;;. The summed E-state index contributed by atoms with van der Waals surface area (Å²) in [4.78, 5) is 0. The lowest BCUT2D eigenvalue weighted by atomic mass is 10.1. The Hall–Kier alpha value is -8.38. The topological polar surface area (TPSA) is 177 Å². The number of phenols is 6. The highest BCUT2D eigenvalue weighted by molar-refractivity contribution is 5.78. The summed E-state index contributed by atoms with van der Waals surface area (Å²) in [5.41, 5.74) is 2.20. The molecule has 0 aliphatic carbocycles. The van der Waals surface area contributed by atoms with Crippen molar-refractivity contribution < 1.29 is 59.1 Å². The average Bonchev–Trinajstić information content (AvgIpc) is 3.35. The van der Waals surface area contributed by atoms with Gasteiger partial charge in [-0.25, -0.2) is 0 Å². The lowest BCUT2D eigenvalue weighted by Crippen LogP contribution is -1.90. The van der Waals surface area contributed by atoms with Gasteiger partial charge in [-0.3, -0.25) is 0 Å². The zero-order valence-corrected chi connectivity index (χ0v) is 36.5. The van der Waals surface area contributed by atoms with Gasteiger partial charge in [0.2, 0.25) is 23.0 Å². The van der Waals surface area contributed by atoms with Crippen LogP contribution >= 0.6 is 0 Å². The van der Waals surface area contributed by atoms with Gasteiger partial charge in [-0.15, -0.1) is 0 Å². The molecule has 0 amide bonds. The van der Waals surface area contributed by atoms with Crippen LogP contribution in [0.5, 0.6) is 69.0 Å². The molecule has 64 heavy (non-hydrogen) atoms. The third kappa shape index (κ3) is 15.6. The fraction of sp³-hybridized carbons (Fsp3) is 0.115. The van der Waals surface area contributed by atoms with E-state index in [9.17, 15) is 30.6 Å². The number of ether oxygens (including phenoxy) is 6. The zero-order valence-electron chi connectivity index (χ0n) is 36.5. The minimum atomic E-state index is -0.324.